The number of hydrogen-bond donors (Lipinski definition) is 0. The van der Waals surface area contributed by atoms with Crippen LogP contribution in [0.2, 0.25) is 0 Å². The van der Waals surface area contributed by atoms with Gasteiger partial charge < -0.3 is 9.13 Å². The number of hydrogen-bond acceptors (Lipinski definition) is 0. The Labute approximate surface area is 296 Å². The number of para-hydroxylation sites is 2. The molecule has 0 bridgehead atoms. The molecule has 0 unspecified atom stereocenters. The van der Waals surface area contributed by atoms with E-state index >= 15 is 0 Å². The fourth-order valence-electron chi connectivity index (χ4n) is 9.11. The molecule has 2 aromatic heterocycles. The summed E-state index contributed by atoms with van der Waals surface area (Å²) in [5.41, 5.74) is 15.2. The molecule has 0 saturated heterocycles. The monoisotopic (exact) mass is 650 g/mol. The van der Waals surface area contributed by atoms with Crippen molar-refractivity contribution in [3.8, 4) is 33.6 Å². The maximum atomic E-state index is 2.46. The summed E-state index contributed by atoms with van der Waals surface area (Å²) in [5.74, 6) is 0. The molecule has 0 saturated carbocycles. The van der Waals surface area contributed by atoms with Gasteiger partial charge in [0.1, 0.15) is 0 Å². The third kappa shape index (κ3) is 3.93. The largest absolute Gasteiger partial charge is 0.309 e. The number of benzene rings is 8. The summed E-state index contributed by atoms with van der Waals surface area (Å²) in [4.78, 5) is 0. The van der Waals surface area contributed by atoms with Crippen LogP contribution in [0.25, 0.3) is 88.0 Å². The normalized spacial score (nSPS) is 13.5. The van der Waals surface area contributed by atoms with E-state index in [1.807, 2.05) is 0 Å². The zero-order chi connectivity index (χ0) is 33.8. The second kappa shape index (κ2) is 10.3. The molecular formula is C49H34N2. The van der Waals surface area contributed by atoms with Gasteiger partial charge in [0, 0.05) is 38.3 Å². The molecule has 51 heavy (non-hydrogen) atoms. The fourth-order valence-corrected chi connectivity index (χ4v) is 9.11. The fraction of sp³-hybridized carbons (Fsp3) is 0.0612. The van der Waals surface area contributed by atoms with E-state index in [4.69, 9.17) is 0 Å². The zero-order valence-electron chi connectivity index (χ0n) is 28.6. The van der Waals surface area contributed by atoms with E-state index in [-0.39, 0.29) is 5.41 Å². The van der Waals surface area contributed by atoms with Crippen LogP contribution in [0.4, 0.5) is 0 Å². The van der Waals surface area contributed by atoms with Crippen LogP contribution in [-0.2, 0) is 5.41 Å². The van der Waals surface area contributed by atoms with Crippen molar-refractivity contribution in [3.63, 3.8) is 0 Å². The average Bonchev–Trinajstić information content (AvgIpc) is 3.78. The van der Waals surface area contributed by atoms with E-state index < -0.39 is 0 Å². The first-order valence-corrected chi connectivity index (χ1v) is 17.9. The Kier molecular flexibility index (Phi) is 5.76. The number of rotatable bonds is 3. The standard InChI is InChI=1S/C49H34N2/c1-49(2)41-19-8-5-16-37(41)40-30-34(23-25-42(40)49)33-14-11-15-35(29-33)50-43-20-9-6-17-38(43)47-45(50)26-27-46-48(47)39-18-7-10-21-44(39)51(46)36-24-22-31-12-3-4-13-32(31)28-36/h3-30H,1-2H3. The number of aromatic nitrogens is 2. The van der Waals surface area contributed by atoms with Crippen molar-refractivity contribution in [1.82, 2.24) is 9.13 Å². The Bertz CT molecular complexity index is 3060. The molecule has 11 rings (SSSR count). The Morgan fingerprint density at radius 3 is 1.71 bits per heavy atom. The number of fused-ring (bicyclic) bond motifs is 11. The van der Waals surface area contributed by atoms with E-state index in [2.05, 4.69) is 193 Å². The summed E-state index contributed by atoms with van der Waals surface area (Å²) in [7, 11) is 0. The zero-order valence-corrected chi connectivity index (χ0v) is 28.6. The van der Waals surface area contributed by atoms with E-state index in [0.717, 1.165) is 5.69 Å². The van der Waals surface area contributed by atoms with E-state index in [9.17, 15) is 0 Å². The van der Waals surface area contributed by atoms with Crippen molar-refractivity contribution < 1.29 is 0 Å². The molecule has 10 aromatic rings. The van der Waals surface area contributed by atoms with Crippen LogP contribution in [-0.4, -0.2) is 9.13 Å². The molecule has 2 heterocycles. The molecule has 240 valence electrons. The Morgan fingerprint density at radius 2 is 0.961 bits per heavy atom. The first-order valence-electron chi connectivity index (χ1n) is 17.9. The van der Waals surface area contributed by atoms with Gasteiger partial charge in [0.25, 0.3) is 0 Å². The molecule has 0 aliphatic heterocycles. The molecular weight excluding hydrogens is 617 g/mol. The summed E-state index contributed by atoms with van der Waals surface area (Å²) in [5, 5.41) is 7.62. The predicted molar refractivity (Wildman–Crippen MR) is 216 cm³/mol. The van der Waals surface area contributed by atoms with Gasteiger partial charge in [0.15, 0.2) is 0 Å². The van der Waals surface area contributed by atoms with Crippen molar-refractivity contribution >= 4 is 54.4 Å². The highest BCUT2D eigenvalue weighted by Gasteiger charge is 2.35. The predicted octanol–water partition coefficient (Wildman–Crippen LogP) is 13.0. The van der Waals surface area contributed by atoms with Crippen LogP contribution in [0.1, 0.15) is 25.0 Å². The maximum Gasteiger partial charge on any atom is 0.0548 e. The van der Waals surface area contributed by atoms with Crippen molar-refractivity contribution in [1.29, 1.82) is 0 Å². The Hall–Kier alpha value is -6.38. The maximum absolute atomic E-state index is 2.46. The molecule has 0 spiro atoms. The summed E-state index contributed by atoms with van der Waals surface area (Å²) in [6.07, 6.45) is 0. The molecule has 0 N–H and O–H groups in total. The van der Waals surface area contributed by atoms with Gasteiger partial charge in [-0.05, 0) is 98.8 Å². The van der Waals surface area contributed by atoms with Gasteiger partial charge in [-0.3, -0.25) is 0 Å². The first-order chi connectivity index (χ1) is 25.1. The van der Waals surface area contributed by atoms with Gasteiger partial charge in [0.2, 0.25) is 0 Å². The summed E-state index contributed by atoms with van der Waals surface area (Å²) in [6, 6.07) is 62.9. The van der Waals surface area contributed by atoms with Crippen LogP contribution in [0.3, 0.4) is 0 Å². The van der Waals surface area contributed by atoms with Gasteiger partial charge in [-0.25, -0.2) is 0 Å². The third-order valence-corrected chi connectivity index (χ3v) is 11.5. The van der Waals surface area contributed by atoms with Crippen molar-refractivity contribution in [2.45, 2.75) is 19.3 Å². The lowest BCUT2D eigenvalue weighted by molar-refractivity contribution is 0.660. The second-order valence-corrected chi connectivity index (χ2v) is 14.6. The van der Waals surface area contributed by atoms with Crippen LogP contribution < -0.4 is 0 Å². The molecule has 1 aliphatic carbocycles. The van der Waals surface area contributed by atoms with Crippen molar-refractivity contribution in [2.75, 3.05) is 0 Å². The molecule has 1 aliphatic rings. The molecule has 0 fully saturated rings. The van der Waals surface area contributed by atoms with Gasteiger partial charge in [-0.1, -0.05) is 129 Å². The van der Waals surface area contributed by atoms with Crippen molar-refractivity contribution in [3.05, 3.63) is 181 Å². The Morgan fingerprint density at radius 1 is 0.373 bits per heavy atom. The number of nitrogens with zero attached hydrogens (tertiary/aromatic N) is 2. The smallest absolute Gasteiger partial charge is 0.0548 e. The summed E-state index contributed by atoms with van der Waals surface area (Å²) < 4.78 is 4.90. The van der Waals surface area contributed by atoms with Crippen LogP contribution in [0.5, 0.6) is 0 Å². The molecule has 2 nitrogen and oxygen atoms in total. The van der Waals surface area contributed by atoms with E-state index in [1.165, 1.54) is 93.5 Å². The quantitative estimate of drug-likeness (QED) is 0.180. The summed E-state index contributed by atoms with van der Waals surface area (Å²) >= 11 is 0. The van der Waals surface area contributed by atoms with Crippen LogP contribution in [0.15, 0.2) is 170 Å². The Balaban J connectivity index is 1.14. The second-order valence-electron chi connectivity index (χ2n) is 14.6. The minimum absolute atomic E-state index is 0.00195. The molecule has 0 amide bonds. The molecule has 8 aromatic carbocycles. The highest BCUT2D eigenvalue weighted by atomic mass is 15.0. The molecule has 0 radical (unpaired) electrons. The van der Waals surface area contributed by atoms with Gasteiger partial charge in [-0.15, -0.1) is 0 Å². The lowest BCUT2D eigenvalue weighted by atomic mass is 9.82. The lowest BCUT2D eigenvalue weighted by Crippen LogP contribution is -2.14. The van der Waals surface area contributed by atoms with Gasteiger partial charge in [-0.2, -0.15) is 0 Å². The first kappa shape index (κ1) is 28.5. The van der Waals surface area contributed by atoms with Gasteiger partial charge >= 0.3 is 0 Å². The average molecular weight is 651 g/mol. The summed E-state index contributed by atoms with van der Waals surface area (Å²) in [6.45, 7) is 4.69. The highest BCUT2D eigenvalue weighted by molar-refractivity contribution is 6.29. The minimum Gasteiger partial charge on any atom is -0.309 e. The topological polar surface area (TPSA) is 9.86 Å². The SMILES string of the molecule is CC1(C)c2ccccc2-c2cc(-c3cccc(-n4c5ccccc5c5c6c7ccccc7n(-c7ccc8ccccc8c7)c6ccc54)c3)ccc21. The van der Waals surface area contributed by atoms with Crippen LogP contribution in [0, 0.1) is 0 Å². The minimum atomic E-state index is -0.00195. The lowest BCUT2D eigenvalue weighted by Gasteiger charge is -2.21. The highest BCUT2D eigenvalue weighted by Crippen LogP contribution is 2.50. The van der Waals surface area contributed by atoms with E-state index in [1.54, 1.807) is 0 Å². The third-order valence-electron chi connectivity index (χ3n) is 11.5. The van der Waals surface area contributed by atoms with Crippen molar-refractivity contribution in [2.24, 2.45) is 0 Å². The van der Waals surface area contributed by atoms with Gasteiger partial charge in [0.05, 0.1) is 22.1 Å². The van der Waals surface area contributed by atoms with Crippen LogP contribution >= 0.6 is 0 Å². The molecule has 2 heteroatoms. The van der Waals surface area contributed by atoms with E-state index in [0.29, 0.717) is 0 Å². The molecule has 0 atom stereocenters.